The lowest BCUT2D eigenvalue weighted by molar-refractivity contribution is 0.220. The van der Waals surface area contributed by atoms with Gasteiger partial charge in [0.15, 0.2) is 21.8 Å². The fourth-order valence-electron chi connectivity index (χ4n) is 4.90. The van der Waals surface area contributed by atoms with Gasteiger partial charge < -0.3 is 9.80 Å². The van der Waals surface area contributed by atoms with E-state index in [-0.39, 0.29) is 16.9 Å². The second-order valence-electron chi connectivity index (χ2n) is 10.0. The molecule has 1 fully saturated rings. The molecule has 40 heavy (non-hydrogen) atoms. The molecule has 3 heterocycles. The first-order valence-electron chi connectivity index (χ1n) is 13.0. The van der Waals surface area contributed by atoms with Crippen LogP contribution in [-0.4, -0.2) is 66.4 Å². The number of rotatable bonds is 5. The summed E-state index contributed by atoms with van der Waals surface area (Å²) in [5, 5.41) is 22.2. The Balaban J connectivity index is 1.39. The van der Waals surface area contributed by atoms with Gasteiger partial charge in [-0.3, -0.25) is 10.3 Å². The fourth-order valence-corrected chi connectivity index (χ4v) is 5.57. The Morgan fingerprint density at radius 1 is 1.07 bits per heavy atom. The lowest BCUT2D eigenvalue weighted by atomic mass is 9.99. The van der Waals surface area contributed by atoms with E-state index in [2.05, 4.69) is 50.3 Å². The Bertz CT molecular complexity index is 1690. The van der Waals surface area contributed by atoms with Gasteiger partial charge in [0.2, 0.25) is 5.96 Å². The van der Waals surface area contributed by atoms with Crippen LogP contribution in [0.25, 0.3) is 22.2 Å². The molecule has 1 atom stereocenters. The van der Waals surface area contributed by atoms with Gasteiger partial charge in [-0.25, -0.2) is 13.4 Å². The molecule has 4 aromatic rings. The van der Waals surface area contributed by atoms with Crippen molar-refractivity contribution in [2.75, 3.05) is 30.8 Å². The number of pyridine rings is 1. The van der Waals surface area contributed by atoms with E-state index in [1.807, 2.05) is 48.5 Å². The number of nitriles is 1. The maximum Gasteiger partial charge on any atom is 0.213 e. The van der Waals surface area contributed by atoms with E-state index < -0.39 is 9.84 Å². The van der Waals surface area contributed by atoms with E-state index >= 15 is 0 Å². The fraction of sp³-hybridized carbons (Fsp3) is 0.276. The second-order valence-corrected chi connectivity index (χ2v) is 12.1. The summed E-state index contributed by atoms with van der Waals surface area (Å²) in [6.45, 7) is 6.24. The normalized spacial score (nSPS) is 16.3. The van der Waals surface area contributed by atoms with Crippen LogP contribution in [0.3, 0.4) is 0 Å². The van der Waals surface area contributed by atoms with Crippen molar-refractivity contribution in [1.82, 2.24) is 25.4 Å². The minimum Gasteiger partial charge on any atom is -0.351 e. The predicted molar refractivity (Wildman–Crippen MR) is 156 cm³/mol. The van der Waals surface area contributed by atoms with Gasteiger partial charge in [-0.2, -0.15) is 5.26 Å². The number of benzene rings is 2. The predicted octanol–water partition coefficient (Wildman–Crippen LogP) is 4.00. The molecule has 0 amide bonds. The number of guanidine groups is 1. The van der Waals surface area contributed by atoms with Gasteiger partial charge in [0.25, 0.3) is 0 Å². The Morgan fingerprint density at radius 2 is 1.90 bits per heavy atom. The van der Waals surface area contributed by atoms with Crippen molar-refractivity contribution in [2.24, 2.45) is 10.9 Å². The highest BCUT2D eigenvalue weighted by atomic mass is 32.2. The molecular formula is C29H30N8O2S. The number of nitrogens with one attached hydrogen (secondary N) is 1. The number of anilines is 1. The van der Waals surface area contributed by atoms with Gasteiger partial charge in [-0.05, 0) is 54.4 Å². The van der Waals surface area contributed by atoms with Crippen LogP contribution in [0.4, 0.5) is 11.5 Å². The van der Waals surface area contributed by atoms with Gasteiger partial charge in [0.05, 0.1) is 27.8 Å². The summed E-state index contributed by atoms with van der Waals surface area (Å²) in [7, 11) is -3.32. The lowest BCUT2D eigenvalue weighted by Crippen LogP contribution is -2.59. The molecule has 0 saturated carbocycles. The Kier molecular flexibility index (Phi) is 7.62. The van der Waals surface area contributed by atoms with Gasteiger partial charge in [0.1, 0.15) is 0 Å². The van der Waals surface area contributed by atoms with Crippen molar-refractivity contribution in [1.29, 1.82) is 5.26 Å². The summed E-state index contributed by atoms with van der Waals surface area (Å²) >= 11 is 0. The van der Waals surface area contributed by atoms with Gasteiger partial charge in [-0.15, -0.1) is 10.2 Å². The molecule has 2 aromatic heterocycles. The Labute approximate surface area is 233 Å². The highest BCUT2D eigenvalue weighted by Crippen LogP contribution is 2.27. The molecular weight excluding hydrogens is 524 g/mol. The van der Waals surface area contributed by atoms with E-state index in [4.69, 9.17) is 4.99 Å². The van der Waals surface area contributed by atoms with Crippen LogP contribution in [0, 0.1) is 17.4 Å². The number of hydrogen-bond donors (Lipinski definition) is 1. The van der Waals surface area contributed by atoms with Crippen LogP contribution in [0.5, 0.6) is 0 Å². The monoisotopic (exact) mass is 554 g/mol. The number of nitrogens with zero attached hydrogens (tertiary/aromatic N) is 7. The summed E-state index contributed by atoms with van der Waals surface area (Å²) in [5.74, 6) is 1.50. The highest BCUT2D eigenvalue weighted by Gasteiger charge is 2.32. The topological polar surface area (TPSA) is 127 Å². The van der Waals surface area contributed by atoms with Gasteiger partial charge >= 0.3 is 0 Å². The summed E-state index contributed by atoms with van der Waals surface area (Å²) in [5.41, 5.74) is 2.88. The van der Waals surface area contributed by atoms with Crippen LogP contribution >= 0.6 is 0 Å². The third-order valence-corrected chi connectivity index (χ3v) is 8.12. The maximum absolute atomic E-state index is 12.0. The number of fused-ring (bicyclic) bond motifs is 1. The van der Waals surface area contributed by atoms with Crippen LogP contribution in [0.1, 0.15) is 13.8 Å². The lowest BCUT2D eigenvalue weighted by Gasteiger charge is -2.44. The summed E-state index contributed by atoms with van der Waals surface area (Å²) in [6, 6.07) is 20.2. The first-order valence-corrected chi connectivity index (χ1v) is 14.9. The molecule has 11 heteroatoms. The van der Waals surface area contributed by atoms with Crippen molar-refractivity contribution in [2.45, 2.75) is 24.8 Å². The molecule has 204 valence electrons. The molecule has 5 rings (SSSR count). The standard InChI is InChI=1S/C29H30N8O2S/c1-20(2)27-18-36(28-13-12-24(34-35-28)21-7-4-8-22(17-21)40(3,38)39)15-16-37(27)29(32-19-30)33-26-11-5-10-25-23(26)9-6-14-31-25/h4-14,17,20,27H,15-16,18H2,1-3H3,(H,32,33). The van der Waals surface area contributed by atoms with Crippen molar-refractivity contribution in [3.8, 4) is 17.5 Å². The highest BCUT2D eigenvalue weighted by molar-refractivity contribution is 7.90. The second kappa shape index (κ2) is 11.3. The minimum absolute atomic E-state index is 0.0503. The minimum atomic E-state index is -3.32. The van der Waals surface area contributed by atoms with E-state index in [0.29, 0.717) is 36.9 Å². The largest absolute Gasteiger partial charge is 0.351 e. The van der Waals surface area contributed by atoms with Crippen LogP contribution in [0.15, 0.2) is 82.8 Å². The third kappa shape index (κ3) is 5.72. The average molecular weight is 555 g/mol. The van der Waals surface area contributed by atoms with Crippen molar-refractivity contribution < 1.29 is 8.42 Å². The molecule has 0 radical (unpaired) electrons. The third-order valence-electron chi connectivity index (χ3n) is 7.01. The van der Waals surface area contributed by atoms with E-state index in [9.17, 15) is 13.7 Å². The molecule has 1 unspecified atom stereocenters. The van der Waals surface area contributed by atoms with Crippen molar-refractivity contribution in [3.63, 3.8) is 0 Å². The Hall–Kier alpha value is -4.56. The van der Waals surface area contributed by atoms with Crippen LogP contribution in [-0.2, 0) is 9.84 Å². The number of sulfone groups is 1. The molecule has 1 N–H and O–H groups in total. The summed E-state index contributed by atoms with van der Waals surface area (Å²) < 4.78 is 23.9. The molecule has 10 nitrogen and oxygen atoms in total. The number of aromatic nitrogens is 3. The molecule has 0 aliphatic carbocycles. The van der Waals surface area contributed by atoms with E-state index in [0.717, 1.165) is 22.4 Å². The first-order chi connectivity index (χ1) is 19.2. The zero-order valence-corrected chi connectivity index (χ0v) is 23.4. The molecule has 1 saturated heterocycles. The number of hydrogen-bond acceptors (Lipinski definition) is 8. The van der Waals surface area contributed by atoms with Crippen LogP contribution in [0.2, 0.25) is 0 Å². The average Bonchev–Trinajstić information content (AvgIpc) is 2.96. The maximum atomic E-state index is 12.0. The first kappa shape index (κ1) is 27.0. The van der Waals surface area contributed by atoms with Crippen molar-refractivity contribution in [3.05, 3.63) is 72.9 Å². The SMILES string of the molecule is CC(C)C1CN(c2ccc(-c3cccc(S(C)(=O)=O)c3)nn2)CCN1C(=Nc1cccc2ncccc12)NC#N. The summed E-state index contributed by atoms with van der Waals surface area (Å²) in [6.07, 6.45) is 5.00. The zero-order chi connectivity index (χ0) is 28.3. The molecule has 2 aromatic carbocycles. The quantitative estimate of drug-likeness (QED) is 0.168. The van der Waals surface area contributed by atoms with Gasteiger partial charge in [-0.1, -0.05) is 32.0 Å². The smallest absolute Gasteiger partial charge is 0.213 e. The molecule has 1 aliphatic heterocycles. The van der Waals surface area contributed by atoms with E-state index in [1.165, 1.54) is 6.26 Å². The molecule has 0 spiro atoms. The zero-order valence-electron chi connectivity index (χ0n) is 22.6. The molecule has 0 bridgehead atoms. The number of aliphatic imine (C=N–C) groups is 1. The van der Waals surface area contributed by atoms with Gasteiger partial charge in [0, 0.05) is 43.0 Å². The Morgan fingerprint density at radius 3 is 2.62 bits per heavy atom. The van der Waals surface area contributed by atoms with E-state index in [1.54, 1.807) is 24.4 Å². The summed E-state index contributed by atoms with van der Waals surface area (Å²) in [4.78, 5) is 13.9. The van der Waals surface area contributed by atoms with Crippen molar-refractivity contribution >= 4 is 38.2 Å². The number of piperazine rings is 1. The van der Waals surface area contributed by atoms with Crippen LogP contribution < -0.4 is 10.2 Å². The molecule has 1 aliphatic rings.